The van der Waals surface area contributed by atoms with E-state index in [2.05, 4.69) is 4.74 Å². The number of hydrogen-bond acceptors (Lipinski definition) is 5. The molecule has 1 rings (SSSR count). The van der Waals surface area contributed by atoms with Gasteiger partial charge in [0.15, 0.2) is 9.84 Å². The van der Waals surface area contributed by atoms with Gasteiger partial charge in [-0.1, -0.05) is 19.1 Å². The summed E-state index contributed by atoms with van der Waals surface area (Å²) in [5.74, 6) is -0.522. The standard InChI is InChI=1S/C11H15NO4S/c1-3-17(14,15)9-6-4-8(5-7-9)10(12)11(13)16-2/h4-7,10H,3,12H2,1-2H3. The largest absolute Gasteiger partial charge is 0.468 e. The van der Waals surface area contributed by atoms with Crippen LogP contribution in [0.25, 0.3) is 0 Å². The van der Waals surface area contributed by atoms with Gasteiger partial charge in [-0.15, -0.1) is 0 Å². The summed E-state index contributed by atoms with van der Waals surface area (Å²) in [6, 6.07) is 5.03. The molecule has 0 amide bonds. The number of carbonyl (C=O) groups is 1. The third-order valence-corrected chi connectivity index (χ3v) is 4.18. The molecule has 6 heteroatoms. The first-order chi connectivity index (χ1) is 7.92. The molecular weight excluding hydrogens is 242 g/mol. The van der Waals surface area contributed by atoms with Crippen LogP contribution >= 0.6 is 0 Å². The van der Waals surface area contributed by atoms with Crippen molar-refractivity contribution in [3.8, 4) is 0 Å². The third-order valence-electron chi connectivity index (χ3n) is 2.43. The van der Waals surface area contributed by atoms with E-state index in [9.17, 15) is 13.2 Å². The van der Waals surface area contributed by atoms with Crippen molar-refractivity contribution in [2.45, 2.75) is 17.9 Å². The first-order valence-electron chi connectivity index (χ1n) is 5.08. The van der Waals surface area contributed by atoms with Gasteiger partial charge in [0, 0.05) is 0 Å². The molecule has 0 radical (unpaired) electrons. The monoisotopic (exact) mass is 257 g/mol. The van der Waals surface area contributed by atoms with Crippen LogP contribution in [0.15, 0.2) is 29.2 Å². The Morgan fingerprint density at radius 1 is 1.35 bits per heavy atom. The molecule has 17 heavy (non-hydrogen) atoms. The van der Waals surface area contributed by atoms with Gasteiger partial charge in [-0.25, -0.2) is 8.42 Å². The van der Waals surface area contributed by atoms with Gasteiger partial charge in [0.1, 0.15) is 6.04 Å². The maximum absolute atomic E-state index is 11.5. The van der Waals surface area contributed by atoms with E-state index < -0.39 is 21.8 Å². The number of nitrogens with two attached hydrogens (primary N) is 1. The van der Waals surface area contributed by atoms with Crippen LogP contribution in [0.3, 0.4) is 0 Å². The van der Waals surface area contributed by atoms with Crippen LogP contribution in [0.1, 0.15) is 18.5 Å². The molecule has 0 spiro atoms. The van der Waals surface area contributed by atoms with Crippen LogP contribution in [-0.4, -0.2) is 27.2 Å². The summed E-state index contributed by atoms with van der Waals surface area (Å²) in [6.07, 6.45) is 0. The molecule has 2 N–H and O–H groups in total. The Morgan fingerprint density at radius 3 is 2.29 bits per heavy atom. The van der Waals surface area contributed by atoms with Crippen LogP contribution in [-0.2, 0) is 19.4 Å². The van der Waals surface area contributed by atoms with Crippen molar-refractivity contribution in [2.24, 2.45) is 5.73 Å². The molecule has 0 bridgehead atoms. The lowest BCUT2D eigenvalue weighted by atomic mass is 10.1. The summed E-state index contributed by atoms with van der Waals surface area (Å²) < 4.78 is 27.6. The molecule has 0 fully saturated rings. The minimum absolute atomic E-state index is 0.0371. The smallest absolute Gasteiger partial charge is 0.327 e. The lowest BCUT2D eigenvalue weighted by Crippen LogP contribution is -2.22. The second-order valence-corrected chi connectivity index (χ2v) is 5.75. The molecule has 0 saturated carbocycles. The summed E-state index contributed by atoms with van der Waals surface area (Å²) in [4.78, 5) is 11.4. The van der Waals surface area contributed by atoms with Crippen molar-refractivity contribution < 1.29 is 17.9 Å². The van der Waals surface area contributed by atoms with E-state index in [1.807, 2.05) is 0 Å². The number of rotatable bonds is 4. The SMILES string of the molecule is CCS(=O)(=O)c1ccc(C(N)C(=O)OC)cc1. The number of ether oxygens (including phenoxy) is 1. The van der Waals surface area contributed by atoms with Crippen molar-refractivity contribution >= 4 is 15.8 Å². The molecule has 1 aromatic carbocycles. The number of esters is 1. The van der Waals surface area contributed by atoms with E-state index in [0.29, 0.717) is 5.56 Å². The molecule has 94 valence electrons. The molecule has 1 atom stereocenters. The summed E-state index contributed by atoms with van der Waals surface area (Å²) >= 11 is 0. The summed E-state index contributed by atoms with van der Waals surface area (Å²) in [6.45, 7) is 1.57. The third kappa shape index (κ3) is 3.04. The van der Waals surface area contributed by atoms with Crippen LogP contribution in [0.4, 0.5) is 0 Å². The van der Waals surface area contributed by atoms with E-state index in [4.69, 9.17) is 5.73 Å². The number of benzene rings is 1. The molecule has 0 aromatic heterocycles. The van der Waals surface area contributed by atoms with E-state index in [1.54, 1.807) is 6.92 Å². The van der Waals surface area contributed by atoms with Gasteiger partial charge in [0.05, 0.1) is 17.8 Å². The van der Waals surface area contributed by atoms with Gasteiger partial charge in [-0.3, -0.25) is 4.79 Å². The van der Waals surface area contributed by atoms with Gasteiger partial charge in [-0.2, -0.15) is 0 Å². The summed E-state index contributed by atoms with van der Waals surface area (Å²) in [5.41, 5.74) is 6.14. The van der Waals surface area contributed by atoms with E-state index in [1.165, 1.54) is 31.4 Å². The zero-order valence-corrected chi connectivity index (χ0v) is 10.5. The Kier molecular flexibility index (Phi) is 4.25. The van der Waals surface area contributed by atoms with Crippen molar-refractivity contribution in [2.75, 3.05) is 12.9 Å². The quantitative estimate of drug-likeness (QED) is 0.800. The fraction of sp³-hybridized carbons (Fsp3) is 0.364. The lowest BCUT2D eigenvalue weighted by molar-refractivity contribution is -0.142. The second-order valence-electron chi connectivity index (χ2n) is 3.47. The maximum atomic E-state index is 11.5. The highest BCUT2D eigenvalue weighted by molar-refractivity contribution is 7.91. The van der Waals surface area contributed by atoms with Gasteiger partial charge in [0.2, 0.25) is 0 Å². The summed E-state index contributed by atoms with van der Waals surface area (Å²) in [7, 11) is -1.98. The van der Waals surface area contributed by atoms with Gasteiger partial charge < -0.3 is 10.5 Å². The molecule has 5 nitrogen and oxygen atoms in total. The summed E-state index contributed by atoms with van der Waals surface area (Å²) in [5, 5.41) is 0. The molecule has 0 aliphatic heterocycles. The number of sulfone groups is 1. The molecule has 0 aliphatic rings. The molecule has 1 unspecified atom stereocenters. The normalized spacial score (nSPS) is 13.1. The van der Waals surface area contributed by atoms with Crippen LogP contribution < -0.4 is 5.73 Å². The minimum atomic E-state index is -3.22. The average molecular weight is 257 g/mol. The van der Waals surface area contributed by atoms with Crippen LogP contribution in [0.5, 0.6) is 0 Å². The Hall–Kier alpha value is -1.40. The van der Waals surface area contributed by atoms with Crippen molar-refractivity contribution in [1.82, 2.24) is 0 Å². The van der Waals surface area contributed by atoms with Gasteiger partial charge >= 0.3 is 5.97 Å². The predicted octanol–water partition coefficient (Wildman–Crippen LogP) is 0.653. The molecule has 0 heterocycles. The van der Waals surface area contributed by atoms with Gasteiger partial charge in [-0.05, 0) is 17.7 Å². The number of hydrogen-bond donors (Lipinski definition) is 1. The first-order valence-corrected chi connectivity index (χ1v) is 6.73. The topological polar surface area (TPSA) is 86.5 Å². The van der Waals surface area contributed by atoms with Crippen molar-refractivity contribution in [3.63, 3.8) is 0 Å². The first kappa shape index (κ1) is 13.7. The predicted molar refractivity (Wildman–Crippen MR) is 63.1 cm³/mol. The molecule has 0 saturated heterocycles. The average Bonchev–Trinajstić information content (AvgIpc) is 2.37. The van der Waals surface area contributed by atoms with E-state index >= 15 is 0 Å². The second kappa shape index (κ2) is 5.29. The number of carbonyl (C=O) groups excluding carboxylic acids is 1. The Balaban J connectivity index is 3.00. The molecule has 1 aromatic rings. The Morgan fingerprint density at radius 2 is 1.88 bits per heavy atom. The maximum Gasteiger partial charge on any atom is 0.327 e. The van der Waals surface area contributed by atoms with Gasteiger partial charge in [0.25, 0.3) is 0 Å². The molecular formula is C11H15NO4S. The fourth-order valence-electron chi connectivity index (χ4n) is 1.31. The number of methoxy groups -OCH3 is 1. The lowest BCUT2D eigenvalue weighted by Gasteiger charge is -2.10. The van der Waals surface area contributed by atoms with E-state index in [0.717, 1.165) is 0 Å². The van der Waals surface area contributed by atoms with Crippen LogP contribution in [0, 0.1) is 0 Å². The minimum Gasteiger partial charge on any atom is -0.468 e. The highest BCUT2D eigenvalue weighted by Crippen LogP contribution is 2.16. The fourth-order valence-corrected chi connectivity index (χ4v) is 2.20. The zero-order valence-electron chi connectivity index (χ0n) is 9.71. The van der Waals surface area contributed by atoms with Crippen LogP contribution in [0.2, 0.25) is 0 Å². The Labute approximate surface area is 100 Å². The Bertz CT molecular complexity index is 493. The molecule has 0 aliphatic carbocycles. The zero-order chi connectivity index (χ0) is 13.1. The van der Waals surface area contributed by atoms with Crippen molar-refractivity contribution in [3.05, 3.63) is 29.8 Å². The van der Waals surface area contributed by atoms with E-state index in [-0.39, 0.29) is 10.6 Å². The highest BCUT2D eigenvalue weighted by Gasteiger charge is 2.17. The highest BCUT2D eigenvalue weighted by atomic mass is 32.2. The van der Waals surface area contributed by atoms with Crippen molar-refractivity contribution in [1.29, 1.82) is 0 Å².